The predicted molar refractivity (Wildman–Crippen MR) is 108 cm³/mol. The number of amides is 2. The van der Waals surface area contributed by atoms with E-state index in [1.54, 1.807) is 11.0 Å². The zero-order chi connectivity index (χ0) is 18.5. The maximum atomic E-state index is 12.9. The lowest BCUT2D eigenvalue weighted by Crippen LogP contribution is -2.50. The van der Waals surface area contributed by atoms with Gasteiger partial charge in [-0.15, -0.1) is 24.8 Å². The van der Waals surface area contributed by atoms with E-state index in [0.29, 0.717) is 43.2 Å². The molecule has 2 amide bonds. The Hall–Kier alpha value is -2.13. The Morgan fingerprint density at radius 3 is 2.32 bits per heavy atom. The van der Waals surface area contributed by atoms with Crippen molar-refractivity contribution in [2.45, 2.75) is 6.54 Å². The van der Waals surface area contributed by atoms with Crippen molar-refractivity contribution in [1.82, 2.24) is 9.80 Å². The Morgan fingerprint density at radius 2 is 1.75 bits per heavy atom. The molecule has 0 saturated carbocycles. The molecule has 0 atom stereocenters. The number of piperazine rings is 1. The number of furan rings is 1. The molecule has 0 aliphatic carbocycles. The lowest BCUT2D eigenvalue weighted by atomic mass is 10.2. The van der Waals surface area contributed by atoms with Crippen LogP contribution >= 0.6 is 24.8 Å². The van der Waals surface area contributed by atoms with Crippen LogP contribution in [0.2, 0.25) is 0 Å². The second-order valence-corrected chi connectivity index (χ2v) is 6.13. The van der Waals surface area contributed by atoms with Gasteiger partial charge in [0.15, 0.2) is 0 Å². The molecule has 154 valence electrons. The van der Waals surface area contributed by atoms with Crippen molar-refractivity contribution in [1.29, 1.82) is 0 Å². The summed E-state index contributed by atoms with van der Waals surface area (Å²) in [6.45, 7) is 2.75. The minimum absolute atomic E-state index is 0. The van der Waals surface area contributed by atoms with Crippen LogP contribution in [-0.4, -0.2) is 54.3 Å². The molecule has 10 heteroatoms. The summed E-state index contributed by atoms with van der Waals surface area (Å²) in [5.74, 6) is -0.0351. The summed E-state index contributed by atoms with van der Waals surface area (Å²) in [6.07, 6.45) is 1.42. The van der Waals surface area contributed by atoms with Crippen molar-refractivity contribution < 1.29 is 18.4 Å². The van der Waals surface area contributed by atoms with Crippen LogP contribution in [-0.2, 0) is 11.3 Å². The van der Waals surface area contributed by atoms with E-state index in [4.69, 9.17) is 10.2 Å². The van der Waals surface area contributed by atoms with Gasteiger partial charge in [-0.3, -0.25) is 14.5 Å². The number of nitrogens with two attached hydrogens (primary N) is 1. The molecule has 1 aromatic carbocycles. The van der Waals surface area contributed by atoms with Crippen LogP contribution in [0.5, 0.6) is 0 Å². The number of nitrogens with zero attached hydrogens (tertiary/aromatic N) is 2. The Morgan fingerprint density at radius 1 is 1.11 bits per heavy atom. The third-order valence-corrected chi connectivity index (χ3v) is 4.26. The zero-order valence-electron chi connectivity index (χ0n) is 15.1. The lowest BCUT2D eigenvalue weighted by molar-refractivity contribution is -0.117. The number of rotatable bonds is 5. The second kappa shape index (κ2) is 11.0. The van der Waals surface area contributed by atoms with Crippen LogP contribution in [0.4, 0.5) is 10.1 Å². The Kier molecular flexibility index (Phi) is 9.40. The van der Waals surface area contributed by atoms with Gasteiger partial charge in [-0.25, -0.2) is 4.39 Å². The number of halogens is 3. The summed E-state index contributed by atoms with van der Waals surface area (Å²) in [4.78, 5) is 28.2. The van der Waals surface area contributed by atoms with Crippen molar-refractivity contribution >= 4 is 42.3 Å². The molecule has 1 saturated heterocycles. The molecular formula is C18H23Cl2FN4O3. The second-order valence-electron chi connectivity index (χ2n) is 6.13. The number of hydrogen-bond donors (Lipinski definition) is 2. The van der Waals surface area contributed by atoms with Crippen molar-refractivity contribution in [3.63, 3.8) is 0 Å². The molecule has 1 fully saturated rings. The SMILES string of the molecule is Cl.Cl.NCc1cc(C(=O)N2CCN(CC(=O)Nc3ccc(F)cc3)CC2)co1. The predicted octanol–water partition coefficient (Wildman–Crippen LogP) is 2.12. The van der Waals surface area contributed by atoms with Gasteiger partial charge < -0.3 is 20.4 Å². The normalized spacial score (nSPS) is 14.0. The molecule has 7 nitrogen and oxygen atoms in total. The molecule has 3 rings (SSSR count). The van der Waals surface area contributed by atoms with Crippen molar-refractivity contribution in [3.8, 4) is 0 Å². The van der Waals surface area contributed by atoms with Crippen LogP contribution in [0.15, 0.2) is 41.0 Å². The average Bonchev–Trinajstić information content (AvgIpc) is 3.13. The summed E-state index contributed by atoms with van der Waals surface area (Å²) in [7, 11) is 0. The highest BCUT2D eigenvalue weighted by Crippen LogP contribution is 2.13. The van der Waals surface area contributed by atoms with Crippen LogP contribution in [0.3, 0.4) is 0 Å². The molecule has 28 heavy (non-hydrogen) atoms. The lowest BCUT2D eigenvalue weighted by Gasteiger charge is -2.34. The summed E-state index contributed by atoms with van der Waals surface area (Å²) in [5, 5.41) is 2.73. The van der Waals surface area contributed by atoms with Gasteiger partial charge in [-0.05, 0) is 30.3 Å². The van der Waals surface area contributed by atoms with Gasteiger partial charge in [0.2, 0.25) is 5.91 Å². The van der Waals surface area contributed by atoms with E-state index in [2.05, 4.69) is 5.32 Å². The topological polar surface area (TPSA) is 91.8 Å². The maximum Gasteiger partial charge on any atom is 0.257 e. The molecule has 0 bridgehead atoms. The van der Waals surface area contributed by atoms with Crippen LogP contribution in [0, 0.1) is 5.82 Å². The third-order valence-electron chi connectivity index (χ3n) is 4.26. The molecule has 0 spiro atoms. The van der Waals surface area contributed by atoms with E-state index in [1.807, 2.05) is 4.90 Å². The molecule has 2 heterocycles. The van der Waals surface area contributed by atoms with Crippen molar-refractivity contribution in [2.24, 2.45) is 5.73 Å². The maximum absolute atomic E-state index is 12.9. The van der Waals surface area contributed by atoms with E-state index in [9.17, 15) is 14.0 Å². The molecule has 0 unspecified atom stereocenters. The first-order valence-corrected chi connectivity index (χ1v) is 8.39. The average molecular weight is 433 g/mol. The van der Waals surface area contributed by atoms with Crippen molar-refractivity contribution in [3.05, 3.63) is 53.7 Å². The quantitative estimate of drug-likeness (QED) is 0.754. The number of anilines is 1. The molecule has 0 radical (unpaired) electrons. The van der Waals surface area contributed by atoms with E-state index in [-0.39, 0.29) is 55.5 Å². The minimum atomic E-state index is -0.347. The largest absolute Gasteiger partial charge is 0.467 e. The fourth-order valence-electron chi connectivity index (χ4n) is 2.83. The first kappa shape index (κ1) is 23.9. The first-order valence-electron chi connectivity index (χ1n) is 8.39. The Bertz CT molecular complexity index is 777. The van der Waals surface area contributed by atoms with Gasteiger partial charge in [0, 0.05) is 31.9 Å². The van der Waals surface area contributed by atoms with Gasteiger partial charge in [-0.2, -0.15) is 0 Å². The van der Waals surface area contributed by atoms with Gasteiger partial charge in [0.05, 0.1) is 18.7 Å². The molecule has 1 aromatic heterocycles. The van der Waals surface area contributed by atoms with Crippen molar-refractivity contribution in [2.75, 3.05) is 38.0 Å². The zero-order valence-corrected chi connectivity index (χ0v) is 16.7. The van der Waals surface area contributed by atoms with Gasteiger partial charge in [0.25, 0.3) is 5.91 Å². The highest BCUT2D eigenvalue weighted by molar-refractivity contribution is 5.94. The molecule has 1 aliphatic rings. The first-order chi connectivity index (χ1) is 12.5. The summed E-state index contributed by atoms with van der Waals surface area (Å²) < 4.78 is 18.1. The van der Waals surface area contributed by atoms with Crippen LogP contribution < -0.4 is 11.1 Å². The summed E-state index contributed by atoms with van der Waals surface area (Å²) >= 11 is 0. The molecule has 3 N–H and O–H groups in total. The standard InChI is InChI=1S/C18H21FN4O3.2ClH/c19-14-1-3-15(4-2-14)21-17(24)11-22-5-7-23(8-6-22)18(25)13-9-16(10-20)26-12-13;;/h1-4,9,12H,5-8,10-11,20H2,(H,21,24);2*1H. The Labute approximate surface area is 174 Å². The van der Waals surface area contributed by atoms with Crippen LogP contribution in [0.1, 0.15) is 16.1 Å². The highest BCUT2D eigenvalue weighted by atomic mass is 35.5. The molecular weight excluding hydrogens is 410 g/mol. The number of hydrogen-bond acceptors (Lipinski definition) is 5. The third kappa shape index (κ3) is 6.20. The van der Waals surface area contributed by atoms with E-state index in [1.165, 1.54) is 30.5 Å². The van der Waals surface area contributed by atoms with Gasteiger partial charge in [0.1, 0.15) is 17.8 Å². The monoisotopic (exact) mass is 432 g/mol. The molecule has 2 aromatic rings. The fourth-order valence-corrected chi connectivity index (χ4v) is 2.83. The smallest absolute Gasteiger partial charge is 0.257 e. The summed E-state index contributed by atoms with van der Waals surface area (Å²) in [5.41, 5.74) is 6.54. The van der Waals surface area contributed by atoms with E-state index >= 15 is 0 Å². The van der Waals surface area contributed by atoms with E-state index < -0.39 is 0 Å². The number of benzene rings is 1. The van der Waals surface area contributed by atoms with Crippen LogP contribution in [0.25, 0.3) is 0 Å². The van der Waals surface area contributed by atoms with Gasteiger partial charge in [-0.1, -0.05) is 0 Å². The van der Waals surface area contributed by atoms with E-state index in [0.717, 1.165) is 0 Å². The number of nitrogens with one attached hydrogen (secondary N) is 1. The minimum Gasteiger partial charge on any atom is -0.467 e. The van der Waals surface area contributed by atoms with Gasteiger partial charge >= 0.3 is 0 Å². The number of carbonyl (C=O) groups is 2. The number of carbonyl (C=O) groups excluding carboxylic acids is 2. The highest BCUT2D eigenvalue weighted by Gasteiger charge is 2.24. The fraction of sp³-hybridized carbons (Fsp3) is 0.333. The molecule has 1 aliphatic heterocycles. The summed E-state index contributed by atoms with van der Waals surface area (Å²) in [6, 6.07) is 7.29. The Balaban J connectivity index is 0.00000196.